The Bertz CT molecular complexity index is 1280. The van der Waals surface area contributed by atoms with E-state index in [-0.39, 0.29) is 24.1 Å². The van der Waals surface area contributed by atoms with Crippen LogP contribution in [0.4, 0.5) is 4.79 Å². The van der Waals surface area contributed by atoms with Crippen molar-refractivity contribution in [3.05, 3.63) is 88.4 Å². The first-order valence-electron chi connectivity index (χ1n) is 15.3. The molecule has 2 amide bonds. The average Bonchev–Trinajstić information content (AvgIpc) is 3.03. The Kier molecular flexibility index (Phi) is 12.1. The summed E-state index contributed by atoms with van der Waals surface area (Å²) in [7, 11) is 3.63. The topological polar surface area (TPSA) is 62.8 Å². The fraction of sp³-hybridized carbons (Fsp3) is 0.457. The van der Waals surface area contributed by atoms with Crippen molar-refractivity contribution in [2.24, 2.45) is 5.92 Å². The summed E-state index contributed by atoms with van der Waals surface area (Å²) in [5, 5.41) is 7.28. The Morgan fingerprint density at radius 1 is 1.07 bits per heavy atom. The molecule has 0 spiro atoms. The first kappa shape index (κ1) is 31.9. The minimum Gasteiger partial charge on any atom is -0.497 e. The normalized spacial score (nSPS) is 16.6. The summed E-state index contributed by atoms with van der Waals surface area (Å²) in [6.45, 7) is 6.76. The zero-order valence-corrected chi connectivity index (χ0v) is 26.3. The lowest BCUT2D eigenvalue weighted by Gasteiger charge is -2.38. The molecule has 6 nitrogen and oxygen atoms in total. The first-order chi connectivity index (χ1) is 20.5. The number of benzene rings is 3. The molecular formula is C35H46ClN3O3. The molecule has 1 heterocycles. The predicted molar refractivity (Wildman–Crippen MR) is 172 cm³/mol. The maximum Gasteiger partial charge on any atom is 0.317 e. The van der Waals surface area contributed by atoms with Crippen LogP contribution < -0.4 is 15.4 Å². The van der Waals surface area contributed by atoms with Gasteiger partial charge in [-0.25, -0.2) is 4.79 Å². The van der Waals surface area contributed by atoms with E-state index in [0.29, 0.717) is 19.7 Å². The smallest absolute Gasteiger partial charge is 0.317 e. The van der Waals surface area contributed by atoms with E-state index in [1.54, 1.807) is 7.11 Å². The Hall–Kier alpha value is -3.06. The third kappa shape index (κ3) is 8.27. The summed E-state index contributed by atoms with van der Waals surface area (Å²) >= 11 is 6.84. The van der Waals surface area contributed by atoms with E-state index in [1.165, 1.54) is 11.1 Å². The Labute approximate surface area is 256 Å². The number of ether oxygens (including phenoxy) is 2. The molecule has 3 aromatic rings. The largest absolute Gasteiger partial charge is 0.497 e. The molecule has 4 rings (SSSR count). The molecule has 3 aromatic carbocycles. The van der Waals surface area contributed by atoms with Crippen molar-refractivity contribution in [2.45, 2.75) is 58.1 Å². The number of urea groups is 1. The van der Waals surface area contributed by atoms with Crippen molar-refractivity contribution in [3.63, 3.8) is 0 Å². The van der Waals surface area contributed by atoms with Crippen LogP contribution in [0, 0.1) is 5.92 Å². The van der Waals surface area contributed by atoms with Gasteiger partial charge in [-0.3, -0.25) is 0 Å². The molecule has 1 saturated heterocycles. The molecule has 1 fully saturated rings. The summed E-state index contributed by atoms with van der Waals surface area (Å²) in [5.74, 6) is 1.03. The summed E-state index contributed by atoms with van der Waals surface area (Å²) in [6, 6.07) is 23.0. The van der Waals surface area contributed by atoms with Crippen LogP contribution >= 0.6 is 11.6 Å². The van der Waals surface area contributed by atoms with Crippen LogP contribution in [0.15, 0.2) is 66.7 Å². The van der Waals surface area contributed by atoms with E-state index in [2.05, 4.69) is 60.0 Å². The van der Waals surface area contributed by atoms with Gasteiger partial charge in [0.05, 0.1) is 13.2 Å². The van der Waals surface area contributed by atoms with Crippen molar-refractivity contribution >= 4 is 17.6 Å². The van der Waals surface area contributed by atoms with Crippen LogP contribution in [0.25, 0.3) is 11.1 Å². The van der Waals surface area contributed by atoms with E-state index in [4.69, 9.17) is 21.1 Å². The molecule has 0 aliphatic carbocycles. The molecule has 42 heavy (non-hydrogen) atoms. The molecule has 1 aliphatic rings. The van der Waals surface area contributed by atoms with Gasteiger partial charge in [0.2, 0.25) is 0 Å². The lowest BCUT2D eigenvalue weighted by atomic mass is 9.84. The number of nitrogens with zero attached hydrogens (tertiary/aromatic N) is 1. The molecule has 3 atom stereocenters. The minimum absolute atomic E-state index is 0.0124. The van der Waals surface area contributed by atoms with Crippen LogP contribution in [0.1, 0.15) is 55.9 Å². The van der Waals surface area contributed by atoms with E-state index in [0.717, 1.165) is 66.1 Å². The monoisotopic (exact) mass is 591 g/mol. The number of likely N-dealkylation sites (tertiary alicyclic amines) is 1. The number of hydrogen-bond donors (Lipinski definition) is 2. The number of hydrogen-bond acceptors (Lipinski definition) is 4. The predicted octanol–water partition coefficient (Wildman–Crippen LogP) is 7.30. The average molecular weight is 592 g/mol. The molecule has 0 saturated carbocycles. The highest BCUT2D eigenvalue weighted by Crippen LogP contribution is 2.41. The highest BCUT2D eigenvalue weighted by Gasteiger charge is 2.33. The van der Waals surface area contributed by atoms with Crippen molar-refractivity contribution < 1.29 is 14.3 Å². The number of carbonyl (C=O) groups excluding carboxylic acids is 1. The number of halogens is 1. The summed E-state index contributed by atoms with van der Waals surface area (Å²) in [5.41, 5.74) is 5.76. The van der Waals surface area contributed by atoms with Gasteiger partial charge in [0.25, 0.3) is 0 Å². The Morgan fingerprint density at radius 3 is 2.57 bits per heavy atom. The fourth-order valence-electron chi connectivity index (χ4n) is 5.93. The number of piperidine rings is 1. The molecule has 1 aliphatic heterocycles. The molecule has 226 valence electrons. The number of rotatable bonds is 13. The lowest BCUT2D eigenvalue weighted by Crippen LogP contribution is -2.49. The Morgan fingerprint density at radius 2 is 1.86 bits per heavy atom. The van der Waals surface area contributed by atoms with Gasteiger partial charge in [-0.05, 0) is 86.5 Å². The molecule has 0 bridgehead atoms. The number of amides is 2. The Balaban J connectivity index is 1.42. The summed E-state index contributed by atoms with van der Waals surface area (Å²) in [6.07, 6.45) is 4.60. The van der Waals surface area contributed by atoms with Gasteiger partial charge in [-0.15, -0.1) is 0 Å². The van der Waals surface area contributed by atoms with Crippen molar-refractivity contribution in [2.75, 3.05) is 40.4 Å². The molecule has 2 N–H and O–H groups in total. The van der Waals surface area contributed by atoms with Crippen LogP contribution in [0.5, 0.6) is 5.75 Å². The van der Waals surface area contributed by atoms with Crippen molar-refractivity contribution in [3.8, 4) is 16.9 Å². The second-order valence-electron chi connectivity index (χ2n) is 11.0. The highest BCUT2D eigenvalue weighted by atomic mass is 35.5. The first-order valence-corrected chi connectivity index (χ1v) is 15.7. The van der Waals surface area contributed by atoms with Crippen molar-refractivity contribution in [1.82, 2.24) is 15.5 Å². The fourth-order valence-corrected chi connectivity index (χ4v) is 6.22. The lowest BCUT2D eigenvalue weighted by molar-refractivity contribution is -0.00354. The second kappa shape index (κ2) is 16.0. The third-order valence-electron chi connectivity index (χ3n) is 8.34. The minimum atomic E-state index is -0.154. The van der Waals surface area contributed by atoms with Crippen molar-refractivity contribution in [1.29, 1.82) is 0 Å². The molecule has 7 heteroatoms. The van der Waals surface area contributed by atoms with Crippen LogP contribution in [-0.2, 0) is 17.6 Å². The maximum atomic E-state index is 13.4. The molecule has 3 unspecified atom stereocenters. The molecular weight excluding hydrogens is 546 g/mol. The van der Waals surface area contributed by atoms with Crippen LogP contribution in [0.3, 0.4) is 0 Å². The third-order valence-corrected chi connectivity index (χ3v) is 8.66. The van der Waals surface area contributed by atoms with Gasteiger partial charge in [0.15, 0.2) is 0 Å². The highest BCUT2D eigenvalue weighted by molar-refractivity contribution is 6.33. The van der Waals surface area contributed by atoms with Gasteiger partial charge in [-0.2, -0.15) is 0 Å². The van der Waals surface area contributed by atoms with Gasteiger partial charge in [-0.1, -0.05) is 67.1 Å². The standard InChI is InChI=1S/C35H46ClN3O3/c1-5-25-10-7-11-27(22-25)33-31(13-8-14-32(33)36)34(42-6-2)28-12-9-21-39(24-28)35(40)38-23-29(37-3)18-15-26-16-19-30(41-4)20-17-26/h7-8,10-11,13-14,16-17,19-20,22,28-29,34,37H,5-6,9,12,15,18,21,23-24H2,1-4H3,(H,38,40). The maximum absolute atomic E-state index is 13.4. The quantitative estimate of drug-likeness (QED) is 0.219. The number of methoxy groups -OCH3 is 1. The van der Waals surface area contributed by atoms with E-state index in [9.17, 15) is 4.79 Å². The summed E-state index contributed by atoms with van der Waals surface area (Å²) in [4.78, 5) is 15.3. The second-order valence-corrected chi connectivity index (χ2v) is 11.4. The van der Waals surface area contributed by atoms with Crippen LogP contribution in [0.2, 0.25) is 5.02 Å². The molecule has 0 radical (unpaired) electrons. The van der Waals surface area contributed by atoms with Crippen LogP contribution in [-0.4, -0.2) is 57.4 Å². The number of nitrogens with one attached hydrogen (secondary N) is 2. The zero-order chi connectivity index (χ0) is 29.9. The number of carbonyl (C=O) groups is 1. The zero-order valence-electron chi connectivity index (χ0n) is 25.5. The van der Waals surface area contributed by atoms with Gasteiger partial charge in [0, 0.05) is 48.8 Å². The summed E-state index contributed by atoms with van der Waals surface area (Å²) < 4.78 is 11.7. The number of aryl methyl sites for hydroxylation is 2. The van der Waals surface area contributed by atoms with E-state index in [1.807, 2.05) is 43.1 Å². The van der Waals surface area contributed by atoms with Gasteiger partial charge < -0.3 is 25.0 Å². The van der Waals surface area contributed by atoms with Gasteiger partial charge in [0.1, 0.15) is 5.75 Å². The SMILES string of the molecule is CCOC(c1cccc(Cl)c1-c1cccc(CC)c1)C1CCCN(C(=O)NCC(CCc2ccc(OC)cc2)NC)C1. The van der Waals surface area contributed by atoms with E-state index >= 15 is 0 Å². The number of likely N-dealkylation sites (N-methyl/N-ethyl adjacent to an activating group) is 1. The molecule has 0 aromatic heterocycles. The van der Waals surface area contributed by atoms with E-state index < -0.39 is 0 Å². The van der Waals surface area contributed by atoms with Gasteiger partial charge >= 0.3 is 6.03 Å².